The third-order valence-electron chi connectivity index (χ3n) is 1.60. The zero-order chi connectivity index (χ0) is 13.3. The van der Waals surface area contributed by atoms with E-state index in [9.17, 15) is 30.3 Å². The summed E-state index contributed by atoms with van der Waals surface area (Å²) >= 11 is 0. The summed E-state index contributed by atoms with van der Waals surface area (Å²) < 4.78 is 71.9. The molecule has 0 radical (unpaired) electrons. The Labute approximate surface area is 93.2 Å². The zero-order valence-electron chi connectivity index (χ0n) is 7.86. The van der Waals surface area contributed by atoms with Crippen LogP contribution in [0.4, 0.5) is 17.1 Å². The highest BCUT2D eigenvalue weighted by molar-refractivity contribution is 7.81. The van der Waals surface area contributed by atoms with Crippen LogP contribution in [0.1, 0.15) is 15.9 Å². The molecule has 0 bridgehead atoms. The predicted octanol–water partition coefficient (Wildman–Crippen LogP) is 2.08. The first kappa shape index (κ1) is 13.4. The summed E-state index contributed by atoms with van der Waals surface area (Å²) in [5.74, 6) is -1.72. The Morgan fingerprint density at radius 2 is 1.82 bits per heavy atom. The monoisotopic (exact) mass is 272 g/mol. The van der Waals surface area contributed by atoms with E-state index in [1.165, 1.54) is 0 Å². The molecule has 0 fully saturated rings. The Morgan fingerprint density at radius 3 is 2.29 bits per heavy atom. The van der Waals surface area contributed by atoms with Crippen LogP contribution in [-0.2, 0) is 20.9 Å². The highest BCUT2D eigenvalue weighted by atomic mass is 32.3. The van der Waals surface area contributed by atoms with Gasteiger partial charge in [-0.2, -0.15) is 21.6 Å². The molecule has 0 spiro atoms. The minimum Gasteiger partial charge on any atom is -0.317 e. The van der Waals surface area contributed by atoms with E-state index in [1.54, 1.807) is 0 Å². The smallest absolute Gasteiger partial charge is 0.317 e. The maximum absolute atomic E-state index is 12.2. The lowest BCUT2D eigenvalue weighted by molar-refractivity contribution is -0.137. The summed E-state index contributed by atoms with van der Waals surface area (Å²) in [7, 11) is -5.55. The van der Waals surface area contributed by atoms with Crippen molar-refractivity contribution in [1.29, 1.82) is 0 Å². The van der Waals surface area contributed by atoms with Crippen molar-refractivity contribution in [3.63, 3.8) is 0 Å². The van der Waals surface area contributed by atoms with E-state index in [4.69, 9.17) is 0 Å². The summed E-state index contributed by atoms with van der Waals surface area (Å²) in [4.78, 5) is 10.9. The van der Waals surface area contributed by atoms with Gasteiger partial charge in [-0.05, 0) is 18.2 Å². The maximum Gasteiger partial charge on any atom is 0.491 e. The molecule has 0 aliphatic heterocycles. The van der Waals surface area contributed by atoms with Crippen LogP contribution in [-0.4, -0.2) is 14.4 Å². The van der Waals surface area contributed by atoms with E-state index >= 15 is 0 Å². The van der Waals surface area contributed by atoms with Gasteiger partial charge < -0.3 is 4.18 Å². The fraction of sp³-hybridized carbons (Fsp3) is 0.125. The van der Waals surface area contributed by atoms with Gasteiger partial charge in [0, 0.05) is 0 Å². The van der Waals surface area contributed by atoms with Gasteiger partial charge in [-0.3, -0.25) is 0 Å². The van der Waals surface area contributed by atoms with Crippen molar-refractivity contribution in [2.24, 2.45) is 0 Å². The van der Waals surface area contributed by atoms with Gasteiger partial charge in [0.15, 0.2) is 0 Å². The number of rotatable bonds is 2. The Kier molecular flexibility index (Phi) is 3.41. The number of carbonyl (C=O) groups is 1. The van der Waals surface area contributed by atoms with Gasteiger partial charge in [0.1, 0.15) is 0 Å². The van der Waals surface area contributed by atoms with Gasteiger partial charge in [-0.15, -0.1) is 0 Å². The third kappa shape index (κ3) is 4.02. The van der Waals surface area contributed by atoms with Crippen LogP contribution in [0.5, 0.6) is 0 Å². The van der Waals surface area contributed by atoms with E-state index in [2.05, 4.69) is 4.18 Å². The van der Waals surface area contributed by atoms with Crippen LogP contribution >= 0.6 is 0 Å². The Bertz CT molecular complexity index is 535. The molecule has 0 unspecified atom stereocenters. The summed E-state index contributed by atoms with van der Waals surface area (Å²) in [6, 6.07) is 2.75. The summed E-state index contributed by atoms with van der Waals surface area (Å²) in [5, 5.41) is 0. The Balaban J connectivity index is 3.05. The molecule has 0 atom stereocenters. The maximum atomic E-state index is 12.2. The van der Waals surface area contributed by atoms with Crippen LogP contribution in [0.3, 0.4) is 0 Å². The van der Waals surface area contributed by atoms with Gasteiger partial charge in [-0.1, -0.05) is 9.95 Å². The molecule has 1 aromatic rings. The quantitative estimate of drug-likeness (QED) is 0.611. The second-order valence-corrected chi connectivity index (χ2v) is 3.80. The second kappa shape index (κ2) is 4.32. The number of halogens is 4. The molecule has 0 amide bonds. The SMILES string of the molecule is O=C(OS(=O)(=O)F)c1cccc(C(F)(F)F)c1. The lowest BCUT2D eigenvalue weighted by Crippen LogP contribution is -2.11. The van der Waals surface area contributed by atoms with Crippen molar-refractivity contribution in [3.8, 4) is 0 Å². The predicted molar refractivity (Wildman–Crippen MR) is 46.9 cm³/mol. The van der Waals surface area contributed by atoms with Crippen molar-refractivity contribution in [2.75, 3.05) is 0 Å². The first-order valence-electron chi connectivity index (χ1n) is 3.95. The molecular formula is C8H4F4O4S. The molecule has 0 saturated heterocycles. The van der Waals surface area contributed by atoms with Crippen LogP contribution in [0.25, 0.3) is 0 Å². The summed E-state index contributed by atoms with van der Waals surface area (Å²) in [6.07, 6.45) is -4.70. The lowest BCUT2D eigenvalue weighted by Gasteiger charge is -2.07. The van der Waals surface area contributed by atoms with Gasteiger partial charge >= 0.3 is 22.6 Å². The average Bonchev–Trinajstić information content (AvgIpc) is 2.14. The molecule has 0 saturated carbocycles. The van der Waals surface area contributed by atoms with Crippen molar-refractivity contribution in [2.45, 2.75) is 6.18 Å². The molecule has 0 heterocycles. The van der Waals surface area contributed by atoms with Gasteiger partial charge in [-0.25, -0.2) is 4.79 Å². The standard InChI is InChI=1S/C8H4F4O4S/c9-8(10,11)6-3-1-2-5(4-6)7(13)16-17(12,14)15/h1-4H. The highest BCUT2D eigenvalue weighted by Crippen LogP contribution is 2.29. The second-order valence-electron chi connectivity index (χ2n) is 2.84. The van der Waals surface area contributed by atoms with E-state index in [-0.39, 0.29) is 0 Å². The van der Waals surface area contributed by atoms with E-state index < -0.39 is 33.8 Å². The van der Waals surface area contributed by atoms with Gasteiger partial charge in [0.05, 0.1) is 11.1 Å². The fourth-order valence-corrected chi connectivity index (χ4v) is 1.24. The summed E-state index contributed by atoms with van der Waals surface area (Å²) in [6.45, 7) is 0. The lowest BCUT2D eigenvalue weighted by atomic mass is 10.1. The average molecular weight is 272 g/mol. The van der Waals surface area contributed by atoms with Gasteiger partial charge in [0.2, 0.25) is 0 Å². The molecule has 1 rings (SSSR count). The van der Waals surface area contributed by atoms with Crippen molar-refractivity contribution >= 4 is 16.5 Å². The molecule has 0 aromatic heterocycles. The van der Waals surface area contributed by atoms with Crippen LogP contribution in [0.15, 0.2) is 24.3 Å². The fourth-order valence-electron chi connectivity index (χ4n) is 0.961. The largest absolute Gasteiger partial charge is 0.491 e. The van der Waals surface area contributed by atoms with Crippen molar-refractivity contribution < 1.29 is 34.5 Å². The molecule has 4 nitrogen and oxygen atoms in total. The third-order valence-corrected chi connectivity index (χ3v) is 1.95. The number of alkyl halides is 3. The topological polar surface area (TPSA) is 60.4 Å². The normalized spacial score (nSPS) is 12.2. The molecule has 0 N–H and O–H groups in total. The van der Waals surface area contributed by atoms with Gasteiger partial charge in [0.25, 0.3) is 0 Å². The number of hydrogen-bond acceptors (Lipinski definition) is 4. The first-order chi connectivity index (χ1) is 7.59. The van der Waals surface area contributed by atoms with Crippen LogP contribution < -0.4 is 0 Å². The number of carbonyl (C=O) groups excluding carboxylic acids is 1. The Hall–Kier alpha value is -1.64. The van der Waals surface area contributed by atoms with E-state index in [1.807, 2.05) is 0 Å². The van der Waals surface area contributed by atoms with E-state index in [0.29, 0.717) is 12.1 Å². The first-order valence-corrected chi connectivity index (χ1v) is 5.26. The van der Waals surface area contributed by atoms with Crippen molar-refractivity contribution in [1.82, 2.24) is 0 Å². The van der Waals surface area contributed by atoms with Crippen LogP contribution in [0.2, 0.25) is 0 Å². The molecule has 1 aromatic carbocycles. The van der Waals surface area contributed by atoms with Crippen LogP contribution in [0, 0.1) is 0 Å². The minimum absolute atomic E-state index is 0.355. The number of hydrogen-bond donors (Lipinski definition) is 0. The van der Waals surface area contributed by atoms with Crippen molar-refractivity contribution in [3.05, 3.63) is 35.4 Å². The summed E-state index contributed by atoms with van der Waals surface area (Å²) in [5.41, 5.74) is -1.90. The molecular weight excluding hydrogens is 268 g/mol. The number of benzene rings is 1. The molecule has 0 aliphatic rings. The Morgan fingerprint density at radius 1 is 1.24 bits per heavy atom. The molecule has 9 heteroatoms. The molecule has 94 valence electrons. The van der Waals surface area contributed by atoms with E-state index in [0.717, 1.165) is 12.1 Å². The zero-order valence-corrected chi connectivity index (χ0v) is 8.68. The highest BCUT2D eigenvalue weighted by Gasteiger charge is 2.31. The minimum atomic E-state index is -5.55. The molecule has 17 heavy (non-hydrogen) atoms. The molecule has 0 aliphatic carbocycles.